The molecule has 0 aliphatic heterocycles. The fourth-order valence-electron chi connectivity index (χ4n) is 1.51. The Morgan fingerprint density at radius 1 is 1.35 bits per heavy atom. The maximum atomic E-state index is 6.13. The molecule has 0 spiro atoms. The number of aryl methyl sites for hydroxylation is 1. The Hall–Kier alpha value is -1.06. The van der Waals surface area contributed by atoms with E-state index in [-0.39, 0.29) is 0 Å². The first-order valence-electron chi connectivity index (χ1n) is 5.25. The zero-order valence-corrected chi connectivity index (χ0v) is 11.7. The van der Waals surface area contributed by atoms with E-state index >= 15 is 0 Å². The average molecular weight is 312 g/mol. The van der Waals surface area contributed by atoms with E-state index in [1.807, 2.05) is 30.5 Å². The smallest absolute Gasteiger partial charge is 0.0648 e. The summed E-state index contributed by atoms with van der Waals surface area (Å²) in [6.07, 6.45) is 3.67. The molecule has 2 rings (SSSR count). The second-order valence-corrected chi connectivity index (χ2v) is 5.10. The molecule has 0 atom stereocenters. The largest absolute Gasteiger partial charge is 0.380 e. The van der Waals surface area contributed by atoms with Crippen LogP contribution in [0, 0.1) is 6.92 Å². The van der Waals surface area contributed by atoms with Gasteiger partial charge in [-0.2, -0.15) is 0 Å². The number of nitrogens with one attached hydrogen (secondary N) is 1. The summed E-state index contributed by atoms with van der Waals surface area (Å²) in [5.74, 6) is 0. The molecule has 2 nitrogen and oxygen atoms in total. The maximum absolute atomic E-state index is 6.13. The van der Waals surface area contributed by atoms with Crippen LogP contribution in [-0.2, 0) is 6.54 Å². The summed E-state index contributed by atoms with van der Waals surface area (Å²) in [6, 6.07) is 7.79. The van der Waals surface area contributed by atoms with Gasteiger partial charge in [-0.25, -0.2) is 0 Å². The summed E-state index contributed by atoms with van der Waals surface area (Å²) in [4.78, 5) is 4.11. The van der Waals surface area contributed by atoms with Crippen LogP contribution < -0.4 is 5.32 Å². The number of benzene rings is 1. The van der Waals surface area contributed by atoms with Gasteiger partial charge < -0.3 is 5.32 Å². The lowest BCUT2D eigenvalue weighted by Gasteiger charge is -2.10. The minimum Gasteiger partial charge on any atom is -0.380 e. The molecule has 0 bridgehead atoms. The zero-order valence-electron chi connectivity index (χ0n) is 9.37. The van der Waals surface area contributed by atoms with Gasteiger partial charge in [0.2, 0.25) is 0 Å². The Balaban J connectivity index is 2.10. The van der Waals surface area contributed by atoms with Crippen LogP contribution in [0.1, 0.15) is 11.1 Å². The van der Waals surface area contributed by atoms with Gasteiger partial charge in [0.15, 0.2) is 0 Å². The van der Waals surface area contributed by atoms with Crippen molar-refractivity contribution in [2.45, 2.75) is 13.5 Å². The van der Waals surface area contributed by atoms with Gasteiger partial charge in [-0.05, 0) is 42.3 Å². The van der Waals surface area contributed by atoms with Gasteiger partial charge >= 0.3 is 0 Å². The topological polar surface area (TPSA) is 24.9 Å². The standard InChI is InChI=1S/C13H12BrClN2/c1-9-4-5-16-7-10(9)8-17-13-3-2-11(14)6-12(13)15/h2-7,17H,8H2,1H3. The van der Waals surface area contributed by atoms with Crippen molar-refractivity contribution in [1.82, 2.24) is 4.98 Å². The first-order valence-corrected chi connectivity index (χ1v) is 6.42. The van der Waals surface area contributed by atoms with Crippen LogP contribution in [-0.4, -0.2) is 4.98 Å². The molecule has 1 aromatic carbocycles. The van der Waals surface area contributed by atoms with E-state index < -0.39 is 0 Å². The predicted molar refractivity (Wildman–Crippen MR) is 75.5 cm³/mol. The van der Waals surface area contributed by atoms with E-state index in [2.05, 4.69) is 33.2 Å². The maximum Gasteiger partial charge on any atom is 0.0648 e. The summed E-state index contributed by atoms with van der Waals surface area (Å²) in [6.45, 7) is 2.79. The van der Waals surface area contributed by atoms with Crippen LogP contribution >= 0.6 is 27.5 Å². The Morgan fingerprint density at radius 2 is 2.18 bits per heavy atom. The van der Waals surface area contributed by atoms with Gasteiger partial charge in [0.05, 0.1) is 10.7 Å². The first-order chi connectivity index (χ1) is 8.16. The van der Waals surface area contributed by atoms with Gasteiger partial charge in [-0.15, -0.1) is 0 Å². The van der Waals surface area contributed by atoms with Gasteiger partial charge in [-0.3, -0.25) is 4.98 Å². The molecule has 1 aromatic heterocycles. The molecule has 0 saturated carbocycles. The minimum absolute atomic E-state index is 0.709. The van der Waals surface area contributed by atoms with Crippen molar-refractivity contribution < 1.29 is 0 Å². The highest BCUT2D eigenvalue weighted by Crippen LogP contribution is 2.26. The Bertz CT molecular complexity index is 529. The van der Waals surface area contributed by atoms with Crippen molar-refractivity contribution in [3.63, 3.8) is 0 Å². The van der Waals surface area contributed by atoms with Gasteiger partial charge in [0.25, 0.3) is 0 Å². The van der Waals surface area contributed by atoms with Gasteiger partial charge in [0.1, 0.15) is 0 Å². The molecular weight excluding hydrogens is 300 g/mol. The van der Waals surface area contributed by atoms with Crippen LogP contribution in [0.15, 0.2) is 41.1 Å². The molecule has 1 N–H and O–H groups in total. The average Bonchev–Trinajstić information content (AvgIpc) is 2.30. The lowest BCUT2D eigenvalue weighted by Crippen LogP contribution is -2.02. The quantitative estimate of drug-likeness (QED) is 0.907. The molecule has 0 saturated heterocycles. The molecule has 0 aliphatic rings. The van der Waals surface area contributed by atoms with Crippen molar-refractivity contribution in [3.8, 4) is 0 Å². The predicted octanol–water partition coefficient (Wildman–Crippen LogP) is 4.42. The van der Waals surface area contributed by atoms with Gasteiger partial charge in [0, 0.05) is 23.4 Å². The number of nitrogens with zero attached hydrogens (tertiary/aromatic N) is 1. The molecule has 0 fully saturated rings. The Labute approximate surface area is 114 Å². The Kier molecular flexibility index (Phi) is 4.02. The lowest BCUT2D eigenvalue weighted by molar-refractivity contribution is 1.08. The summed E-state index contributed by atoms with van der Waals surface area (Å²) in [5.41, 5.74) is 3.32. The van der Waals surface area contributed by atoms with E-state index in [4.69, 9.17) is 11.6 Å². The molecule has 2 aromatic rings. The van der Waals surface area contributed by atoms with Crippen LogP contribution in [0.4, 0.5) is 5.69 Å². The van der Waals surface area contributed by atoms with Crippen molar-refractivity contribution in [3.05, 3.63) is 57.3 Å². The van der Waals surface area contributed by atoms with E-state index in [1.165, 1.54) is 11.1 Å². The van der Waals surface area contributed by atoms with Gasteiger partial charge in [-0.1, -0.05) is 27.5 Å². The normalized spacial score (nSPS) is 10.3. The summed E-state index contributed by atoms with van der Waals surface area (Å²) in [7, 11) is 0. The third-order valence-corrected chi connectivity index (χ3v) is 3.35. The second kappa shape index (κ2) is 5.52. The Morgan fingerprint density at radius 3 is 2.88 bits per heavy atom. The van der Waals surface area contributed by atoms with E-state index in [9.17, 15) is 0 Å². The molecule has 0 unspecified atom stereocenters. The lowest BCUT2D eigenvalue weighted by atomic mass is 10.1. The molecule has 4 heteroatoms. The number of aromatic nitrogens is 1. The molecule has 0 amide bonds. The molecule has 17 heavy (non-hydrogen) atoms. The fraction of sp³-hybridized carbons (Fsp3) is 0.154. The number of hydrogen-bond donors (Lipinski definition) is 1. The second-order valence-electron chi connectivity index (χ2n) is 3.78. The molecule has 88 valence electrons. The summed E-state index contributed by atoms with van der Waals surface area (Å²) in [5, 5.41) is 4.01. The van der Waals surface area contributed by atoms with Crippen molar-refractivity contribution in [2.75, 3.05) is 5.32 Å². The summed E-state index contributed by atoms with van der Waals surface area (Å²) >= 11 is 9.51. The third kappa shape index (κ3) is 3.20. The molecule has 1 heterocycles. The fourth-order valence-corrected chi connectivity index (χ4v) is 2.25. The first kappa shape index (κ1) is 12.4. The molecular formula is C13H12BrClN2. The van der Waals surface area contributed by atoms with E-state index in [0.717, 1.165) is 16.7 Å². The number of anilines is 1. The van der Waals surface area contributed by atoms with E-state index in [1.54, 1.807) is 6.20 Å². The number of hydrogen-bond acceptors (Lipinski definition) is 2. The number of rotatable bonds is 3. The van der Waals surface area contributed by atoms with Crippen LogP contribution in [0.2, 0.25) is 5.02 Å². The van der Waals surface area contributed by atoms with Crippen LogP contribution in [0.3, 0.4) is 0 Å². The molecule has 0 radical (unpaired) electrons. The highest BCUT2D eigenvalue weighted by molar-refractivity contribution is 9.10. The van der Waals surface area contributed by atoms with Crippen molar-refractivity contribution in [2.24, 2.45) is 0 Å². The van der Waals surface area contributed by atoms with E-state index in [0.29, 0.717) is 5.02 Å². The van der Waals surface area contributed by atoms with Crippen molar-refractivity contribution >= 4 is 33.2 Å². The number of pyridine rings is 1. The highest BCUT2D eigenvalue weighted by Gasteiger charge is 2.02. The SMILES string of the molecule is Cc1ccncc1CNc1ccc(Br)cc1Cl. The van der Waals surface area contributed by atoms with Crippen LogP contribution in [0.5, 0.6) is 0 Å². The molecule has 0 aliphatic carbocycles. The zero-order chi connectivity index (χ0) is 12.3. The monoisotopic (exact) mass is 310 g/mol. The third-order valence-electron chi connectivity index (χ3n) is 2.55. The summed E-state index contributed by atoms with van der Waals surface area (Å²) < 4.78 is 0.977. The minimum atomic E-state index is 0.709. The number of halogens is 2. The van der Waals surface area contributed by atoms with Crippen molar-refractivity contribution in [1.29, 1.82) is 0 Å². The van der Waals surface area contributed by atoms with Crippen LogP contribution in [0.25, 0.3) is 0 Å². The highest BCUT2D eigenvalue weighted by atomic mass is 79.9.